The van der Waals surface area contributed by atoms with Gasteiger partial charge < -0.3 is 10.1 Å². The van der Waals surface area contributed by atoms with Gasteiger partial charge in [0.15, 0.2) is 0 Å². The summed E-state index contributed by atoms with van der Waals surface area (Å²) in [5.41, 5.74) is 1.82. The van der Waals surface area contributed by atoms with Gasteiger partial charge in [-0.05, 0) is 43.2 Å². The van der Waals surface area contributed by atoms with Crippen LogP contribution in [-0.4, -0.2) is 32.5 Å². The molecular weight excluding hydrogens is 390 g/mol. The molecule has 0 saturated carbocycles. The molecular formula is C21H23N3O4S. The van der Waals surface area contributed by atoms with Crippen molar-refractivity contribution >= 4 is 32.5 Å². The number of fused-ring (bicyclic) bond motifs is 1. The second kappa shape index (κ2) is 9.02. The lowest BCUT2D eigenvalue weighted by Gasteiger charge is -2.12. The number of rotatable bonds is 8. The molecule has 152 valence electrons. The Morgan fingerprint density at radius 2 is 1.93 bits per heavy atom. The molecule has 0 aliphatic carbocycles. The normalized spacial score (nSPS) is 11.4. The molecule has 1 heterocycles. The summed E-state index contributed by atoms with van der Waals surface area (Å²) in [5.74, 6) is 0.412. The Labute approximate surface area is 170 Å². The maximum atomic E-state index is 12.6. The number of amides is 1. The van der Waals surface area contributed by atoms with E-state index in [1.54, 1.807) is 25.3 Å². The molecule has 0 radical (unpaired) electrons. The first-order valence-electron chi connectivity index (χ1n) is 9.21. The van der Waals surface area contributed by atoms with Crippen LogP contribution in [0.1, 0.15) is 18.9 Å². The van der Waals surface area contributed by atoms with Gasteiger partial charge in [0.2, 0.25) is 15.9 Å². The van der Waals surface area contributed by atoms with E-state index in [-0.39, 0.29) is 17.3 Å². The number of hydrogen-bond acceptors (Lipinski definition) is 5. The summed E-state index contributed by atoms with van der Waals surface area (Å²) in [7, 11) is -3.70. The molecule has 7 nitrogen and oxygen atoms in total. The first-order chi connectivity index (χ1) is 13.9. The lowest BCUT2D eigenvalue weighted by molar-refractivity contribution is -0.114. The molecule has 1 amide bonds. The van der Waals surface area contributed by atoms with Gasteiger partial charge in [0, 0.05) is 30.7 Å². The molecule has 0 fully saturated rings. The Hall–Kier alpha value is -2.97. The fraction of sp³-hybridized carbons (Fsp3) is 0.238. The van der Waals surface area contributed by atoms with Crippen LogP contribution in [0.2, 0.25) is 0 Å². The number of sulfonamides is 1. The highest BCUT2D eigenvalue weighted by Crippen LogP contribution is 2.23. The zero-order valence-corrected chi connectivity index (χ0v) is 17.1. The Kier molecular flexibility index (Phi) is 6.46. The van der Waals surface area contributed by atoms with Crippen LogP contribution in [0.4, 0.5) is 5.69 Å². The molecule has 0 aliphatic rings. The second-order valence-corrected chi connectivity index (χ2v) is 8.33. The first-order valence-corrected chi connectivity index (χ1v) is 10.7. The molecule has 0 spiro atoms. The number of carbonyl (C=O) groups is 1. The van der Waals surface area contributed by atoms with E-state index in [9.17, 15) is 13.2 Å². The van der Waals surface area contributed by atoms with Gasteiger partial charge in [0.1, 0.15) is 11.3 Å². The first kappa shape index (κ1) is 20.8. The predicted molar refractivity (Wildman–Crippen MR) is 113 cm³/mol. The van der Waals surface area contributed by atoms with E-state index in [2.05, 4.69) is 15.0 Å². The molecule has 0 atom stereocenters. The fourth-order valence-electron chi connectivity index (χ4n) is 2.90. The summed E-state index contributed by atoms with van der Waals surface area (Å²) in [6.45, 7) is 3.66. The van der Waals surface area contributed by atoms with Gasteiger partial charge in [-0.15, -0.1) is 0 Å². The number of pyridine rings is 1. The van der Waals surface area contributed by atoms with Crippen LogP contribution >= 0.6 is 0 Å². The number of aromatic nitrogens is 1. The maximum absolute atomic E-state index is 12.6. The minimum Gasteiger partial charge on any atom is -0.491 e. The van der Waals surface area contributed by atoms with E-state index in [0.717, 1.165) is 10.9 Å². The highest BCUT2D eigenvalue weighted by Gasteiger charge is 2.17. The molecule has 2 N–H and O–H groups in total. The van der Waals surface area contributed by atoms with E-state index in [4.69, 9.17) is 4.74 Å². The third-order valence-electron chi connectivity index (χ3n) is 4.26. The van der Waals surface area contributed by atoms with Crippen LogP contribution in [0.15, 0.2) is 59.6 Å². The van der Waals surface area contributed by atoms with E-state index in [1.807, 2.05) is 30.3 Å². The zero-order valence-electron chi connectivity index (χ0n) is 16.3. The summed E-state index contributed by atoms with van der Waals surface area (Å²) in [5, 5.41) is 3.58. The third-order valence-corrected chi connectivity index (χ3v) is 5.87. The smallest absolute Gasteiger partial charge is 0.240 e. The van der Waals surface area contributed by atoms with Crippen LogP contribution in [-0.2, 0) is 14.8 Å². The summed E-state index contributed by atoms with van der Waals surface area (Å²) >= 11 is 0. The average molecular weight is 413 g/mol. The number of carbonyl (C=O) groups excluding carboxylic acids is 1. The lowest BCUT2D eigenvalue weighted by Crippen LogP contribution is -2.26. The number of aryl methyl sites for hydroxylation is 1. The molecule has 0 unspecified atom stereocenters. The largest absolute Gasteiger partial charge is 0.491 e. The van der Waals surface area contributed by atoms with Gasteiger partial charge in [-0.25, -0.2) is 13.1 Å². The van der Waals surface area contributed by atoms with Gasteiger partial charge in [0.05, 0.1) is 11.5 Å². The van der Waals surface area contributed by atoms with E-state index < -0.39 is 10.0 Å². The molecule has 0 aliphatic heterocycles. The number of benzene rings is 2. The summed E-state index contributed by atoms with van der Waals surface area (Å²) < 4.78 is 33.6. The van der Waals surface area contributed by atoms with Gasteiger partial charge in [0.25, 0.3) is 0 Å². The number of ether oxygens (including phenoxy) is 1. The van der Waals surface area contributed by atoms with Gasteiger partial charge in [-0.2, -0.15) is 0 Å². The monoisotopic (exact) mass is 413 g/mol. The van der Waals surface area contributed by atoms with Crippen molar-refractivity contribution in [2.75, 3.05) is 18.5 Å². The zero-order chi connectivity index (χ0) is 20.9. The Morgan fingerprint density at radius 1 is 1.14 bits per heavy atom. The van der Waals surface area contributed by atoms with E-state index in [1.165, 1.54) is 13.0 Å². The summed E-state index contributed by atoms with van der Waals surface area (Å²) in [4.78, 5) is 15.7. The maximum Gasteiger partial charge on any atom is 0.240 e. The van der Waals surface area contributed by atoms with Crippen molar-refractivity contribution in [2.45, 2.75) is 25.2 Å². The molecule has 3 aromatic rings. The SMILES string of the molecule is CC(=O)Nc1ccc(C)c(S(=O)(=O)NCCCOc2cccc3cccnc23)c1. The highest BCUT2D eigenvalue weighted by molar-refractivity contribution is 7.89. The molecule has 8 heteroatoms. The molecule has 0 bridgehead atoms. The Morgan fingerprint density at radius 3 is 2.72 bits per heavy atom. The van der Waals surface area contributed by atoms with Crippen LogP contribution in [0.5, 0.6) is 5.75 Å². The van der Waals surface area contributed by atoms with Crippen molar-refractivity contribution in [1.29, 1.82) is 0 Å². The molecule has 1 aromatic heterocycles. The Balaban J connectivity index is 1.58. The van der Waals surface area contributed by atoms with Gasteiger partial charge >= 0.3 is 0 Å². The Bertz CT molecular complexity index is 1120. The molecule has 2 aromatic carbocycles. The standard InChI is InChI=1S/C21H23N3O4S/c1-15-9-10-18(24-16(2)25)14-20(15)29(26,27)23-12-5-13-28-19-8-3-6-17-7-4-11-22-21(17)19/h3-4,6-11,14,23H,5,12-13H2,1-2H3,(H,24,25). The van der Waals surface area contributed by atoms with Crippen LogP contribution in [0.25, 0.3) is 10.9 Å². The number of para-hydroxylation sites is 1. The van der Waals surface area contributed by atoms with Crippen molar-refractivity contribution in [3.8, 4) is 5.75 Å². The van der Waals surface area contributed by atoms with Crippen molar-refractivity contribution < 1.29 is 17.9 Å². The molecule has 0 saturated heterocycles. The van der Waals surface area contributed by atoms with Gasteiger partial charge in [-0.3, -0.25) is 9.78 Å². The van der Waals surface area contributed by atoms with E-state index >= 15 is 0 Å². The van der Waals surface area contributed by atoms with Crippen LogP contribution in [0, 0.1) is 6.92 Å². The number of hydrogen-bond donors (Lipinski definition) is 2. The third kappa shape index (κ3) is 5.30. The lowest BCUT2D eigenvalue weighted by atomic mass is 10.2. The highest BCUT2D eigenvalue weighted by atomic mass is 32.2. The number of nitrogens with zero attached hydrogens (tertiary/aromatic N) is 1. The fourth-order valence-corrected chi connectivity index (χ4v) is 4.24. The van der Waals surface area contributed by atoms with Crippen molar-refractivity contribution in [3.05, 3.63) is 60.3 Å². The molecule has 29 heavy (non-hydrogen) atoms. The number of nitrogens with one attached hydrogen (secondary N) is 2. The van der Waals surface area contributed by atoms with Gasteiger partial charge in [-0.1, -0.05) is 24.3 Å². The quantitative estimate of drug-likeness (QED) is 0.553. The van der Waals surface area contributed by atoms with Crippen LogP contribution in [0.3, 0.4) is 0 Å². The summed E-state index contributed by atoms with van der Waals surface area (Å²) in [6, 6.07) is 14.3. The minimum absolute atomic E-state index is 0.142. The number of anilines is 1. The van der Waals surface area contributed by atoms with Crippen LogP contribution < -0.4 is 14.8 Å². The summed E-state index contributed by atoms with van der Waals surface area (Å²) in [6.07, 6.45) is 2.20. The van der Waals surface area contributed by atoms with Crippen molar-refractivity contribution in [2.24, 2.45) is 0 Å². The predicted octanol–water partition coefficient (Wildman–Crippen LogP) is 3.25. The van der Waals surface area contributed by atoms with Crippen molar-refractivity contribution in [3.63, 3.8) is 0 Å². The topological polar surface area (TPSA) is 97.4 Å². The average Bonchev–Trinajstić information content (AvgIpc) is 2.69. The molecule has 3 rings (SSSR count). The van der Waals surface area contributed by atoms with E-state index in [0.29, 0.717) is 30.0 Å². The second-order valence-electron chi connectivity index (χ2n) is 6.59. The van der Waals surface area contributed by atoms with Crippen molar-refractivity contribution in [1.82, 2.24) is 9.71 Å². The minimum atomic E-state index is -3.70.